The van der Waals surface area contributed by atoms with Crippen LogP contribution in [-0.4, -0.2) is 22.8 Å². The van der Waals surface area contributed by atoms with Gasteiger partial charge in [0.1, 0.15) is 18.2 Å². The van der Waals surface area contributed by atoms with Gasteiger partial charge in [0.05, 0.1) is 17.6 Å². The number of benzene rings is 3. The van der Waals surface area contributed by atoms with Crippen LogP contribution in [0.25, 0.3) is 21.8 Å². The minimum Gasteiger partial charge on any atom is -0.486 e. The van der Waals surface area contributed by atoms with Gasteiger partial charge in [-0.15, -0.1) is 0 Å². The van der Waals surface area contributed by atoms with Crippen LogP contribution < -0.4 is 4.74 Å². The van der Waals surface area contributed by atoms with E-state index in [0.717, 1.165) is 34.5 Å². The van der Waals surface area contributed by atoms with Gasteiger partial charge >= 0.3 is 0 Å². The maximum atomic E-state index is 6.13. The summed E-state index contributed by atoms with van der Waals surface area (Å²) >= 11 is 6.13. The molecule has 0 bridgehead atoms. The molecule has 0 aliphatic carbocycles. The summed E-state index contributed by atoms with van der Waals surface area (Å²) in [4.78, 5) is 4.73. The highest BCUT2D eigenvalue weighted by atomic mass is 35.5. The molecule has 4 rings (SSSR count). The van der Waals surface area contributed by atoms with E-state index in [1.165, 1.54) is 5.39 Å². The van der Waals surface area contributed by atoms with Crippen LogP contribution in [0.1, 0.15) is 12.7 Å². The highest BCUT2D eigenvalue weighted by Crippen LogP contribution is 2.24. The van der Waals surface area contributed by atoms with Gasteiger partial charge in [-0.05, 0) is 48.0 Å². The maximum absolute atomic E-state index is 6.13. The molecule has 1 heterocycles. The van der Waals surface area contributed by atoms with Crippen LogP contribution in [0.3, 0.4) is 0 Å². The number of hydrogen-bond donors (Lipinski definition) is 0. The molecule has 27 heavy (non-hydrogen) atoms. The Hall–Kier alpha value is -2.56. The molecular weight excluding hydrogens is 360 g/mol. The van der Waals surface area contributed by atoms with Gasteiger partial charge < -0.3 is 14.0 Å². The van der Waals surface area contributed by atoms with E-state index in [-0.39, 0.29) is 0 Å². The van der Waals surface area contributed by atoms with Gasteiger partial charge in [0.25, 0.3) is 0 Å². The Balaban J connectivity index is 1.60. The van der Waals surface area contributed by atoms with E-state index in [4.69, 9.17) is 26.1 Å². The van der Waals surface area contributed by atoms with Crippen LogP contribution in [0.15, 0.2) is 60.7 Å². The van der Waals surface area contributed by atoms with E-state index in [0.29, 0.717) is 24.8 Å². The molecule has 4 aromatic rings. The van der Waals surface area contributed by atoms with Crippen LogP contribution in [0.5, 0.6) is 5.75 Å². The molecule has 0 amide bonds. The standard InChI is InChI=1S/C22H21ClN2O2/c1-2-26-12-11-25-21-10-8-18(23)14-20(21)24-22(25)15-27-19-9-7-16-5-3-4-6-17(16)13-19/h3-10,13-14H,2,11-12,15H2,1H3. The van der Waals surface area contributed by atoms with E-state index >= 15 is 0 Å². The molecule has 3 aromatic carbocycles. The molecule has 0 saturated carbocycles. The number of halogens is 1. The topological polar surface area (TPSA) is 36.3 Å². The number of imidazole rings is 1. The van der Waals surface area contributed by atoms with Gasteiger partial charge in [-0.25, -0.2) is 4.98 Å². The average Bonchev–Trinajstić information content (AvgIpc) is 3.03. The Morgan fingerprint density at radius 1 is 1.00 bits per heavy atom. The summed E-state index contributed by atoms with van der Waals surface area (Å²) < 4.78 is 13.7. The van der Waals surface area contributed by atoms with Gasteiger partial charge in [-0.2, -0.15) is 0 Å². The lowest BCUT2D eigenvalue weighted by Crippen LogP contribution is -2.11. The molecular formula is C22H21ClN2O2. The van der Waals surface area contributed by atoms with Crippen LogP contribution >= 0.6 is 11.6 Å². The summed E-state index contributed by atoms with van der Waals surface area (Å²) in [6, 6.07) is 20.1. The van der Waals surface area contributed by atoms with Crippen molar-refractivity contribution in [2.45, 2.75) is 20.1 Å². The van der Waals surface area contributed by atoms with E-state index in [1.54, 1.807) is 0 Å². The molecule has 1 aromatic heterocycles. The van der Waals surface area contributed by atoms with Gasteiger partial charge in [-0.1, -0.05) is 41.9 Å². The third-order valence-corrected chi connectivity index (χ3v) is 4.78. The molecule has 138 valence electrons. The van der Waals surface area contributed by atoms with Crippen molar-refractivity contribution in [1.82, 2.24) is 9.55 Å². The van der Waals surface area contributed by atoms with Crippen molar-refractivity contribution in [3.8, 4) is 5.75 Å². The average molecular weight is 381 g/mol. The van der Waals surface area contributed by atoms with Crippen molar-refractivity contribution < 1.29 is 9.47 Å². The van der Waals surface area contributed by atoms with E-state index in [9.17, 15) is 0 Å². The Morgan fingerprint density at radius 2 is 1.85 bits per heavy atom. The van der Waals surface area contributed by atoms with Crippen LogP contribution in [0.4, 0.5) is 0 Å². The molecule has 0 aliphatic rings. The zero-order chi connectivity index (χ0) is 18.6. The van der Waals surface area contributed by atoms with Crippen LogP contribution in [-0.2, 0) is 17.9 Å². The van der Waals surface area contributed by atoms with Gasteiger partial charge in [-0.3, -0.25) is 0 Å². The predicted molar refractivity (Wildman–Crippen MR) is 110 cm³/mol. The number of hydrogen-bond acceptors (Lipinski definition) is 3. The molecule has 0 N–H and O–H groups in total. The summed E-state index contributed by atoms with van der Waals surface area (Å²) in [6.45, 7) is 4.43. The molecule has 0 atom stereocenters. The number of rotatable bonds is 7. The molecule has 0 saturated heterocycles. The first-order chi connectivity index (χ1) is 13.2. The number of nitrogens with zero attached hydrogens (tertiary/aromatic N) is 2. The van der Waals surface area contributed by atoms with Gasteiger partial charge in [0, 0.05) is 18.2 Å². The minimum absolute atomic E-state index is 0.386. The molecule has 0 fully saturated rings. The third-order valence-electron chi connectivity index (χ3n) is 4.54. The second kappa shape index (κ2) is 7.99. The van der Waals surface area contributed by atoms with Crippen molar-refractivity contribution in [2.24, 2.45) is 0 Å². The fourth-order valence-electron chi connectivity index (χ4n) is 3.22. The highest BCUT2D eigenvalue weighted by molar-refractivity contribution is 6.31. The highest BCUT2D eigenvalue weighted by Gasteiger charge is 2.12. The first-order valence-corrected chi connectivity index (χ1v) is 9.46. The lowest BCUT2D eigenvalue weighted by atomic mass is 10.1. The van der Waals surface area contributed by atoms with E-state index in [1.807, 2.05) is 43.3 Å². The fraction of sp³-hybridized carbons (Fsp3) is 0.227. The molecule has 0 radical (unpaired) electrons. The summed E-state index contributed by atoms with van der Waals surface area (Å²) in [5, 5.41) is 3.04. The summed E-state index contributed by atoms with van der Waals surface area (Å²) in [5.41, 5.74) is 1.91. The maximum Gasteiger partial charge on any atom is 0.148 e. The molecule has 5 heteroatoms. The number of aromatic nitrogens is 2. The monoisotopic (exact) mass is 380 g/mol. The predicted octanol–water partition coefficient (Wildman–Crippen LogP) is 5.46. The molecule has 0 unspecified atom stereocenters. The van der Waals surface area contributed by atoms with Crippen LogP contribution in [0, 0.1) is 0 Å². The van der Waals surface area contributed by atoms with E-state index in [2.05, 4.69) is 28.8 Å². The van der Waals surface area contributed by atoms with Gasteiger partial charge in [0.15, 0.2) is 0 Å². The molecule has 0 aliphatic heterocycles. The summed E-state index contributed by atoms with van der Waals surface area (Å²) in [7, 11) is 0. The van der Waals surface area contributed by atoms with Crippen molar-refractivity contribution in [1.29, 1.82) is 0 Å². The second-order valence-corrected chi connectivity index (χ2v) is 6.74. The van der Waals surface area contributed by atoms with Crippen molar-refractivity contribution in [2.75, 3.05) is 13.2 Å². The zero-order valence-corrected chi connectivity index (χ0v) is 15.9. The summed E-state index contributed by atoms with van der Waals surface area (Å²) in [6.07, 6.45) is 0. The lowest BCUT2D eigenvalue weighted by molar-refractivity contribution is 0.138. The lowest BCUT2D eigenvalue weighted by Gasteiger charge is -2.11. The largest absolute Gasteiger partial charge is 0.486 e. The second-order valence-electron chi connectivity index (χ2n) is 6.31. The third kappa shape index (κ3) is 3.92. The first kappa shape index (κ1) is 17.8. The van der Waals surface area contributed by atoms with Crippen molar-refractivity contribution in [3.05, 3.63) is 71.5 Å². The normalized spacial score (nSPS) is 11.3. The Bertz CT molecular complexity index is 1070. The number of fused-ring (bicyclic) bond motifs is 2. The van der Waals surface area contributed by atoms with E-state index < -0.39 is 0 Å². The fourth-order valence-corrected chi connectivity index (χ4v) is 3.38. The van der Waals surface area contributed by atoms with Crippen LogP contribution in [0.2, 0.25) is 5.02 Å². The minimum atomic E-state index is 0.386. The quantitative estimate of drug-likeness (QED) is 0.399. The van der Waals surface area contributed by atoms with Crippen molar-refractivity contribution >= 4 is 33.4 Å². The SMILES string of the molecule is CCOCCn1c(COc2ccc3ccccc3c2)nc2cc(Cl)ccc21. The van der Waals surface area contributed by atoms with Gasteiger partial charge in [0.2, 0.25) is 0 Å². The zero-order valence-electron chi connectivity index (χ0n) is 15.2. The molecule has 0 spiro atoms. The smallest absolute Gasteiger partial charge is 0.148 e. The summed E-state index contributed by atoms with van der Waals surface area (Å²) in [5.74, 6) is 1.69. The first-order valence-electron chi connectivity index (χ1n) is 9.08. The Labute approximate surface area is 163 Å². The Kier molecular flexibility index (Phi) is 5.28. The van der Waals surface area contributed by atoms with Crippen molar-refractivity contribution in [3.63, 3.8) is 0 Å². The number of ether oxygens (including phenoxy) is 2. The molecule has 4 nitrogen and oxygen atoms in total. The Morgan fingerprint density at radius 3 is 2.70 bits per heavy atom.